The molecule has 118 valence electrons. The van der Waals surface area contributed by atoms with Crippen molar-refractivity contribution >= 4 is 5.91 Å². The van der Waals surface area contributed by atoms with Crippen molar-refractivity contribution in [2.24, 2.45) is 5.92 Å². The second-order valence-corrected chi connectivity index (χ2v) is 6.52. The lowest BCUT2D eigenvalue weighted by atomic mass is 10.1. The van der Waals surface area contributed by atoms with E-state index in [0.29, 0.717) is 12.1 Å². The molecule has 2 aliphatic heterocycles. The fourth-order valence-corrected chi connectivity index (χ4v) is 3.48. The molecule has 1 amide bonds. The molecule has 3 atom stereocenters. The van der Waals surface area contributed by atoms with Crippen molar-refractivity contribution in [3.8, 4) is 0 Å². The van der Waals surface area contributed by atoms with Gasteiger partial charge in [-0.1, -0.05) is 0 Å². The first-order valence-electron chi connectivity index (χ1n) is 7.90. The number of fused-ring (bicyclic) bond motifs is 1. The summed E-state index contributed by atoms with van der Waals surface area (Å²) in [6, 6.07) is 0.525. The first kappa shape index (κ1) is 13.9. The first-order valence-corrected chi connectivity index (χ1v) is 7.90. The third-order valence-electron chi connectivity index (χ3n) is 4.83. The van der Waals surface area contributed by atoms with Gasteiger partial charge in [-0.05, 0) is 25.2 Å². The van der Waals surface area contributed by atoms with E-state index in [0.717, 1.165) is 38.2 Å². The molecule has 2 N–H and O–H groups in total. The van der Waals surface area contributed by atoms with Gasteiger partial charge in [0.15, 0.2) is 0 Å². The molecule has 3 heterocycles. The molecule has 3 fully saturated rings. The summed E-state index contributed by atoms with van der Waals surface area (Å²) in [4.78, 5) is 31.9. The van der Waals surface area contributed by atoms with Crippen LogP contribution in [0.5, 0.6) is 0 Å². The van der Waals surface area contributed by atoms with Crippen molar-refractivity contribution < 1.29 is 9.53 Å². The van der Waals surface area contributed by atoms with Gasteiger partial charge >= 0.3 is 0 Å². The van der Waals surface area contributed by atoms with Gasteiger partial charge in [0.05, 0.1) is 18.9 Å². The third kappa shape index (κ3) is 2.78. The summed E-state index contributed by atoms with van der Waals surface area (Å²) in [6.07, 6.45) is 6.36. The van der Waals surface area contributed by atoms with E-state index in [1.807, 2.05) is 0 Å². The van der Waals surface area contributed by atoms with Gasteiger partial charge in [0.1, 0.15) is 5.69 Å². The number of nitrogens with one attached hydrogen (secondary N) is 2. The number of amides is 1. The summed E-state index contributed by atoms with van der Waals surface area (Å²) in [5.41, 5.74) is -0.0607. The number of ether oxygens (including phenoxy) is 1. The standard InChI is InChI=1S/C15H20N4O3/c20-14-5-16-12(4-17-14)15(21)18-10-3-11-8-22-13(9-1-2-9)7-19(11)6-10/h4-5,9-11,13H,1-3,6-8H2,(H,17,20)(H,18,21)/t10-,11-,13-/m0/s1. The summed E-state index contributed by atoms with van der Waals surface area (Å²) < 4.78 is 5.96. The summed E-state index contributed by atoms with van der Waals surface area (Å²) in [7, 11) is 0. The summed E-state index contributed by atoms with van der Waals surface area (Å²) in [6.45, 7) is 2.62. The van der Waals surface area contributed by atoms with Gasteiger partial charge in [0.2, 0.25) is 0 Å². The van der Waals surface area contributed by atoms with E-state index in [1.165, 1.54) is 19.0 Å². The highest BCUT2D eigenvalue weighted by molar-refractivity contribution is 5.92. The van der Waals surface area contributed by atoms with Crippen LogP contribution >= 0.6 is 0 Å². The molecule has 0 bridgehead atoms. The average molecular weight is 304 g/mol. The van der Waals surface area contributed by atoms with Crippen molar-refractivity contribution in [3.05, 3.63) is 28.4 Å². The first-order chi connectivity index (χ1) is 10.7. The Morgan fingerprint density at radius 3 is 3.00 bits per heavy atom. The van der Waals surface area contributed by atoms with E-state index in [-0.39, 0.29) is 23.2 Å². The van der Waals surface area contributed by atoms with Crippen LogP contribution in [0.15, 0.2) is 17.2 Å². The van der Waals surface area contributed by atoms with Crippen LogP contribution in [0.4, 0.5) is 0 Å². The van der Waals surface area contributed by atoms with Crippen LogP contribution in [-0.4, -0.2) is 58.7 Å². The molecule has 1 aromatic rings. The Balaban J connectivity index is 1.35. The number of rotatable bonds is 3. The maximum atomic E-state index is 12.2. The highest BCUT2D eigenvalue weighted by Gasteiger charge is 2.42. The Morgan fingerprint density at radius 1 is 1.41 bits per heavy atom. The average Bonchev–Trinajstić information content (AvgIpc) is 3.28. The van der Waals surface area contributed by atoms with Gasteiger partial charge < -0.3 is 15.0 Å². The van der Waals surface area contributed by atoms with Crippen LogP contribution in [0.2, 0.25) is 0 Å². The molecule has 1 aliphatic carbocycles. The van der Waals surface area contributed by atoms with Crippen molar-refractivity contribution in [1.29, 1.82) is 0 Å². The van der Waals surface area contributed by atoms with E-state index in [2.05, 4.69) is 20.2 Å². The number of H-pyrrole nitrogens is 1. The van der Waals surface area contributed by atoms with E-state index in [4.69, 9.17) is 4.74 Å². The highest BCUT2D eigenvalue weighted by atomic mass is 16.5. The topological polar surface area (TPSA) is 87.3 Å². The Labute approximate surface area is 128 Å². The SMILES string of the molecule is O=C(N[C@H]1C[C@H]2CO[C@H](C3CC3)CN2C1)c1c[nH]c(=O)cn1. The van der Waals surface area contributed by atoms with Crippen molar-refractivity contribution in [2.75, 3.05) is 19.7 Å². The molecule has 3 aliphatic rings. The summed E-state index contributed by atoms with van der Waals surface area (Å²) >= 11 is 0. The zero-order chi connectivity index (χ0) is 15.1. The number of hydrogen-bond acceptors (Lipinski definition) is 5. The molecule has 0 aromatic carbocycles. The van der Waals surface area contributed by atoms with Crippen LogP contribution in [0.3, 0.4) is 0 Å². The Kier molecular flexibility index (Phi) is 3.46. The van der Waals surface area contributed by atoms with Gasteiger partial charge in [-0.25, -0.2) is 4.98 Å². The molecule has 0 radical (unpaired) electrons. The van der Waals surface area contributed by atoms with Gasteiger partial charge in [0.25, 0.3) is 11.5 Å². The molecule has 1 aromatic heterocycles. The van der Waals surface area contributed by atoms with Crippen LogP contribution in [0.1, 0.15) is 29.8 Å². The second kappa shape index (κ2) is 5.48. The molecule has 1 saturated carbocycles. The van der Waals surface area contributed by atoms with Crippen molar-refractivity contribution in [1.82, 2.24) is 20.2 Å². The van der Waals surface area contributed by atoms with Crippen LogP contribution in [0.25, 0.3) is 0 Å². The Hall–Kier alpha value is -1.73. The van der Waals surface area contributed by atoms with E-state index < -0.39 is 0 Å². The number of carbonyl (C=O) groups excluding carboxylic acids is 1. The monoisotopic (exact) mass is 304 g/mol. The zero-order valence-electron chi connectivity index (χ0n) is 12.3. The normalized spacial score (nSPS) is 31.7. The van der Waals surface area contributed by atoms with Crippen LogP contribution in [-0.2, 0) is 4.74 Å². The number of hydrogen-bond donors (Lipinski definition) is 2. The number of carbonyl (C=O) groups is 1. The summed E-state index contributed by atoms with van der Waals surface area (Å²) in [5.74, 6) is 0.515. The lowest BCUT2D eigenvalue weighted by Gasteiger charge is -2.35. The van der Waals surface area contributed by atoms with Crippen molar-refractivity contribution in [3.63, 3.8) is 0 Å². The maximum Gasteiger partial charge on any atom is 0.271 e. The molecule has 7 heteroatoms. The van der Waals surface area contributed by atoms with Gasteiger partial charge in [0, 0.05) is 31.4 Å². The Morgan fingerprint density at radius 2 is 2.27 bits per heavy atom. The minimum atomic E-state index is -0.308. The number of morpholine rings is 1. The van der Waals surface area contributed by atoms with Gasteiger partial charge in [-0.15, -0.1) is 0 Å². The van der Waals surface area contributed by atoms with Gasteiger partial charge in [-0.3, -0.25) is 14.5 Å². The predicted molar refractivity (Wildman–Crippen MR) is 78.6 cm³/mol. The largest absolute Gasteiger partial charge is 0.375 e. The maximum absolute atomic E-state index is 12.2. The van der Waals surface area contributed by atoms with E-state index >= 15 is 0 Å². The number of aromatic amines is 1. The molecule has 22 heavy (non-hydrogen) atoms. The molecule has 4 rings (SSSR count). The van der Waals surface area contributed by atoms with Crippen LogP contribution in [0, 0.1) is 5.92 Å². The fourth-order valence-electron chi connectivity index (χ4n) is 3.48. The Bertz CT molecular complexity index is 607. The fraction of sp³-hybridized carbons (Fsp3) is 0.667. The molecule has 2 saturated heterocycles. The summed E-state index contributed by atoms with van der Waals surface area (Å²) in [5, 5.41) is 3.01. The zero-order valence-corrected chi connectivity index (χ0v) is 12.3. The molecular formula is C15H20N4O3. The van der Waals surface area contributed by atoms with E-state index in [1.54, 1.807) is 0 Å². The lowest BCUT2D eigenvalue weighted by Crippen LogP contribution is -2.47. The second-order valence-electron chi connectivity index (χ2n) is 6.52. The molecular weight excluding hydrogens is 284 g/mol. The minimum Gasteiger partial charge on any atom is -0.375 e. The van der Waals surface area contributed by atoms with E-state index in [9.17, 15) is 9.59 Å². The molecule has 7 nitrogen and oxygen atoms in total. The number of nitrogens with zero attached hydrogens (tertiary/aromatic N) is 2. The quantitative estimate of drug-likeness (QED) is 0.804. The highest BCUT2D eigenvalue weighted by Crippen LogP contribution is 2.37. The predicted octanol–water partition coefficient (Wildman–Crippen LogP) is -0.249. The molecule has 0 unspecified atom stereocenters. The van der Waals surface area contributed by atoms with Crippen LogP contribution < -0.4 is 10.9 Å². The lowest BCUT2D eigenvalue weighted by molar-refractivity contribution is -0.0581. The third-order valence-corrected chi connectivity index (χ3v) is 4.83. The minimum absolute atomic E-state index is 0.118. The van der Waals surface area contributed by atoms with Gasteiger partial charge in [-0.2, -0.15) is 0 Å². The molecule has 0 spiro atoms. The number of aromatic nitrogens is 2. The van der Waals surface area contributed by atoms with Crippen molar-refractivity contribution in [2.45, 2.75) is 37.5 Å². The smallest absolute Gasteiger partial charge is 0.271 e.